The molecule has 4 atom stereocenters. The average Bonchev–Trinajstić information content (AvgIpc) is 2.11. The van der Waals surface area contributed by atoms with Gasteiger partial charge in [-0.2, -0.15) is 11.8 Å². The van der Waals surface area contributed by atoms with Crippen LogP contribution in [0.2, 0.25) is 0 Å². The zero-order valence-electron chi connectivity index (χ0n) is 9.92. The van der Waals surface area contributed by atoms with Gasteiger partial charge < -0.3 is 0 Å². The minimum atomic E-state index is 0.519. The molecule has 78 valence electrons. The van der Waals surface area contributed by atoms with Crippen LogP contribution in [0.25, 0.3) is 0 Å². The van der Waals surface area contributed by atoms with Gasteiger partial charge in [-0.05, 0) is 17.3 Å². The van der Waals surface area contributed by atoms with Crippen molar-refractivity contribution in [1.29, 1.82) is 0 Å². The zero-order valence-corrected chi connectivity index (χ0v) is 10.7. The minimum absolute atomic E-state index is 0.519. The second-order valence-electron chi connectivity index (χ2n) is 5.25. The van der Waals surface area contributed by atoms with Crippen molar-refractivity contribution in [3.05, 3.63) is 0 Å². The first-order valence-electron chi connectivity index (χ1n) is 5.56. The Hall–Kier alpha value is 0.350. The third kappa shape index (κ3) is 1.91. The summed E-state index contributed by atoms with van der Waals surface area (Å²) in [4.78, 5) is 0. The van der Waals surface area contributed by atoms with Crippen LogP contribution in [-0.2, 0) is 0 Å². The van der Waals surface area contributed by atoms with Gasteiger partial charge in [0.05, 0.1) is 0 Å². The lowest BCUT2D eigenvalue weighted by atomic mass is 9.71. The second-order valence-corrected chi connectivity index (χ2v) is 6.78. The van der Waals surface area contributed by atoms with Crippen LogP contribution in [-0.4, -0.2) is 10.5 Å². The molecule has 1 aliphatic rings. The molecule has 0 radical (unpaired) electrons. The highest BCUT2D eigenvalue weighted by molar-refractivity contribution is 8.02. The summed E-state index contributed by atoms with van der Waals surface area (Å²) in [5.41, 5.74) is 0.519. The number of hydrogen-bond acceptors (Lipinski definition) is 1. The fraction of sp³-hybridized carbons (Fsp3) is 1.00. The number of thioether (sulfide) groups is 1. The molecule has 0 aromatic carbocycles. The van der Waals surface area contributed by atoms with Crippen molar-refractivity contribution in [2.45, 2.75) is 58.5 Å². The summed E-state index contributed by atoms with van der Waals surface area (Å²) in [6.07, 6.45) is 1.31. The third-order valence-electron chi connectivity index (χ3n) is 4.20. The van der Waals surface area contributed by atoms with E-state index in [9.17, 15) is 0 Å². The smallest absolute Gasteiger partial charge is 0.0140 e. The Labute approximate surface area is 87.9 Å². The van der Waals surface area contributed by atoms with Gasteiger partial charge in [0, 0.05) is 10.5 Å². The molecule has 0 amide bonds. The van der Waals surface area contributed by atoms with Crippen molar-refractivity contribution in [1.82, 2.24) is 0 Å². The van der Waals surface area contributed by atoms with Gasteiger partial charge in [-0.1, -0.05) is 48.0 Å². The maximum Gasteiger partial charge on any atom is 0.0140 e. The van der Waals surface area contributed by atoms with Crippen LogP contribution in [0.15, 0.2) is 0 Å². The molecule has 0 aliphatic carbocycles. The summed E-state index contributed by atoms with van der Waals surface area (Å²) < 4.78 is 0. The van der Waals surface area contributed by atoms with Crippen LogP contribution in [0.5, 0.6) is 0 Å². The summed E-state index contributed by atoms with van der Waals surface area (Å²) in [6, 6.07) is 0. The Morgan fingerprint density at radius 3 is 2.15 bits per heavy atom. The first kappa shape index (κ1) is 11.4. The highest BCUT2D eigenvalue weighted by Gasteiger charge is 2.46. The van der Waals surface area contributed by atoms with E-state index in [2.05, 4.69) is 53.3 Å². The molecule has 1 heteroatoms. The second kappa shape index (κ2) is 3.84. The summed E-state index contributed by atoms with van der Waals surface area (Å²) in [5, 5.41) is 1.77. The number of hydrogen-bond donors (Lipinski definition) is 0. The normalized spacial score (nSPS) is 36.9. The first-order valence-corrected chi connectivity index (χ1v) is 6.51. The van der Waals surface area contributed by atoms with E-state index in [1.807, 2.05) is 0 Å². The Balaban J connectivity index is 2.60. The molecule has 0 N–H and O–H groups in total. The van der Waals surface area contributed by atoms with Crippen LogP contribution in [0.1, 0.15) is 48.0 Å². The summed E-state index contributed by atoms with van der Waals surface area (Å²) in [6.45, 7) is 14.4. The van der Waals surface area contributed by atoms with Gasteiger partial charge in [0.1, 0.15) is 0 Å². The number of rotatable bonds is 3. The Morgan fingerprint density at radius 2 is 1.85 bits per heavy atom. The van der Waals surface area contributed by atoms with Gasteiger partial charge in [0.15, 0.2) is 0 Å². The van der Waals surface area contributed by atoms with E-state index in [-0.39, 0.29) is 0 Å². The lowest BCUT2D eigenvalue weighted by Gasteiger charge is -2.51. The van der Waals surface area contributed by atoms with Crippen molar-refractivity contribution in [2.75, 3.05) is 0 Å². The van der Waals surface area contributed by atoms with E-state index < -0.39 is 0 Å². The van der Waals surface area contributed by atoms with Crippen molar-refractivity contribution in [3.8, 4) is 0 Å². The Kier molecular flexibility index (Phi) is 3.38. The highest BCUT2D eigenvalue weighted by atomic mass is 32.2. The molecule has 1 heterocycles. The molecule has 0 bridgehead atoms. The SMILES string of the molecule is CCC(C)C(C)(C)C1SC(C)C1C. The fourth-order valence-electron chi connectivity index (χ4n) is 2.30. The lowest BCUT2D eigenvalue weighted by molar-refractivity contribution is 0.172. The van der Waals surface area contributed by atoms with E-state index in [1.165, 1.54) is 6.42 Å². The van der Waals surface area contributed by atoms with Gasteiger partial charge in [-0.25, -0.2) is 0 Å². The van der Waals surface area contributed by atoms with Gasteiger partial charge >= 0.3 is 0 Å². The lowest BCUT2D eigenvalue weighted by Crippen LogP contribution is -2.48. The third-order valence-corrected chi connectivity index (χ3v) is 6.38. The highest BCUT2D eigenvalue weighted by Crippen LogP contribution is 2.53. The maximum atomic E-state index is 2.45. The quantitative estimate of drug-likeness (QED) is 0.658. The summed E-state index contributed by atoms with van der Waals surface area (Å²) >= 11 is 2.19. The molecule has 1 saturated heterocycles. The fourth-order valence-corrected chi connectivity index (χ4v) is 3.96. The molecule has 1 rings (SSSR count). The van der Waals surface area contributed by atoms with Gasteiger partial charge in [0.2, 0.25) is 0 Å². The van der Waals surface area contributed by atoms with Crippen molar-refractivity contribution >= 4 is 11.8 Å². The Morgan fingerprint density at radius 1 is 1.31 bits per heavy atom. The molecule has 0 aromatic heterocycles. The van der Waals surface area contributed by atoms with Gasteiger partial charge in [-0.3, -0.25) is 0 Å². The van der Waals surface area contributed by atoms with E-state index in [0.717, 1.165) is 22.3 Å². The van der Waals surface area contributed by atoms with Crippen LogP contribution in [0, 0.1) is 17.3 Å². The van der Waals surface area contributed by atoms with Gasteiger partial charge in [0.25, 0.3) is 0 Å². The van der Waals surface area contributed by atoms with Crippen molar-refractivity contribution in [3.63, 3.8) is 0 Å². The first-order chi connectivity index (χ1) is 5.91. The molecular weight excluding hydrogens is 176 g/mol. The van der Waals surface area contributed by atoms with E-state index in [0.29, 0.717) is 5.41 Å². The average molecular weight is 200 g/mol. The van der Waals surface area contributed by atoms with Crippen molar-refractivity contribution < 1.29 is 0 Å². The summed E-state index contributed by atoms with van der Waals surface area (Å²) in [7, 11) is 0. The topological polar surface area (TPSA) is 0 Å². The molecular formula is C12H24S. The van der Waals surface area contributed by atoms with E-state index >= 15 is 0 Å². The van der Waals surface area contributed by atoms with Gasteiger partial charge in [-0.15, -0.1) is 0 Å². The molecule has 0 nitrogen and oxygen atoms in total. The minimum Gasteiger partial charge on any atom is -0.154 e. The molecule has 0 spiro atoms. The van der Waals surface area contributed by atoms with Crippen LogP contribution in [0.4, 0.5) is 0 Å². The van der Waals surface area contributed by atoms with Crippen LogP contribution in [0.3, 0.4) is 0 Å². The molecule has 4 unspecified atom stereocenters. The summed E-state index contributed by atoms with van der Waals surface area (Å²) in [5.74, 6) is 1.76. The molecule has 0 aromatic rings. The van der Waals surface area contributed by atoms with Crippen LogP contribution < -0.4 is 0 Å². The zero-order chi connectivity index (χ0) is 10.2. The standard InChI is InChI=1S/C12H24S/c1-7-8(2)12(5,6)11-9(3)10(4)13-11/h8-11H,7H2,1-6H3. The van der Waals surface area contributed by atoms with E-state index in [1.54, 1.807) is 0 Å². The predicted octanol–water partition coefficient (Wildman–Crippen LogP) is 4.20. The maximum absolute atomic E-state index is 2.45. The molecule has 1 fully saturated rings. The largest absolute Gasteiger partial charge is 0.154 e. The van der Waals surface area contributed by atoms with Crippen LogP contribution >= 0.6 is 11.8 Å². The monoisotopic (exact) mass is 200 g/mol. The molecule has 13 heavy (non-hydrogen) atoms. The Bertz CT molecular complexity index is 174. The van der Waals surface area contributed by atoms with E-state index in [4.69, 9.17) is 0 Å². The molecule has 1 aliphatic heterocycles. The van der Waals surface area contributed by atoms with Crippen molar-refractivity contribution in [2.24, 2.45) is 17.3 Å². The molecule has 0 saturated carbocycles. The predicted molar refractivity (Wildman–Crippen MR) is 63.2 cm³/mol.